The summed E-state index contributed by atoms with van der Waals surface area (Å²) in [5.74, 6) is 1.47. The Morgan fingerprint density at radius 3 is 2.09 bits per heavy atom. The monoisotopic (exact) mass is 577 g/mol. The molecule has 0 saturated carbocycles. The lowest BCUT2D eigenvalue weighted by Gasteiger charge is -2.23. The van der Waals surface area contributed by atoms with Crippen LogP contribution < -0.4 is 5.32 Å². The lowest BCUT2D eigenvalue weighted by Crippen LogP contribution is -2.33. The summed E-state index contributed by atoms with van der Waals surface area (Å²) >= 11 is 0. The molecule has 1 unspecified atom stereocenters. The first-order valence-electron chi connectivity index (χ1n) is 15.2. The average Bonchev–Trinajstić information content (AvgIpc) is 3.50. The van der Waals surface area contributed by atoms with Crippen LogP contribution in [0.4, 0.5) is 0 Å². The third kappa shape index (κ3) is 4.30. The summed E-state index contributed by atoms with van der Waals surface area (Å²) < 4.78 is 6.44. The summed E-state index contributed by atoms with van der Waals surface area (Å²) in [5.41, 5.74) is 7.04. The molecule has 0 bridgehead atoms. The van der Waals surface area contributed by atoms with E-state index in [1.807, 2.05) is 48.5 Å². The Kier molecular flexibility index (Phi) is 5.85. The number of fused-ring (bicyclic) bond motifs is 6. The van der Waals surface area contributed by atoms with Gasteiger partial charge in [0.25, 0.3) is 0 Å². The van der Waals surface area contributed by atoms with Gasteiger partial charge >= 0.3 is 0 Å². The topological polar surface area (TPSA) is 49.9 Å². The number of nitrogens with zero attached hydrogens (tertiary/aromatic N) is 2. The second kappa shape index (κ2) is 10.3. The largest absolute Gasteiger partial charge is 0.456 e. The molecule has 4 heteroatoms. The van der Waals surface area contributed by atoms with Crippen LogP contribution in [0.3, 0.4) is 0 Å². The molecule has 8 aromatic rings. The summed E-state index contributed by atoms with van der Waals surface area (Å²) in [6.45, 7) is 0. The van der Waals surface area contributed by atoms with E-state index in [-0.39, 0.29) is 6.17 Å². The third-order valence-electron chi connectivity index (χ3n) is 8.72. The average molecular weight is 578 g/mol. The first-order valence-corrected chi connectivity index (χ1v) is 15.2. The highest BCUT2D eigenvalue weighted by Gasteiger charge is 2.23. The van der Waals surface area contributed by atoms with Crippen LogP contribution >= 0.6 is 0 Å². The van der Waals surface area contributed by atoms with E-state index in [4.69, 9.17) is 14.4 Å². The van der Waals surface area contributed by atoms with Gasteiger partial charge in [0, 0.05) is 21.9 Å². The molecule has 0 fully saturated rings. The molecule has 7 aromatic carbocycles. The zero-order valence-electron chi connectivity index (χ0n) is 24.3. The molecule has 9 rings (SSSR count). The van der Waals surface area contributed by atoms with Gasteiger partial charge in [0.2, 0.25) is 0 Å². The molecule has 45 heavy (non-hydrogen) atoms. The van der Waals surface area contributed by atoms with Gasteiger partial charge in [-0.05, 0) is 62.5 Å². The van der Waals surface area contributed by atoms with E-state index in [1.165, 1.54) is 27.1 Å². The van der Waals surface area contributed by atoms with Gasteiger partial charge in [0.1, 0.15) is 23.2 Å². The number of hydrogen-bond acceptors (Lipinski definition) is 4. The maximum atomic E-state index is 6.44. The van der Waals surface area contributed by atoms with Gasteiger partial charge in [-0.3, -0.25) is 0 Å². The Labute approximate surface area is 260 Å². The fraction of sp³-hybridized carbons (Fsp3) is 0.0244. The van der Waals surface area contributed by atoms with Gasteiger partial charge in [0.05, 0.1) is 0 Å². The molecule has 0 amide bonds. The van der Waals surface area contributed by atoms with Gasteiger partial charge < -0.3 is 9.73 Å². The number of amidine groups is 2. The van der Waals surface area contributed by atoms with Crippen LogP contribution in [-0.4, -0.2) is 11.7 Å². The number of nitrogens with one attached hydrogen (secondary N) is 1. The maximum absolute atomic E-state index is 6.44. The lowest BCUT2D eigenvalue weighted by molar-refractivity contribution is 0.668. The molecule has 2 heterocycles. The highest BCUT2D eigenvalue weighted by molar-refractivity contribution is 6.22. The van der Waals surface area contributed by atoms with E-state index < -0.39 is 0 Å². The minimum absolute atomic E-state index is 0.276. The molecule has 212 valence electrons. The summed E-state index contributed by atoms with van der Waals surface area (Å²) in [5, 5.41) is 10.6. The summed E-state index contributed by atoms with van der Waals surface area (Å²) in [6, 6.07) is 52.8. The van der Waals surface area contributed by atoms with Crippen molar-refractivity contribution in [2.24, 2.45) is 9.98 Å². The minimum atomic E-state index is -0.276. The lowest BCUT2D eigenvalue weighted by atomic mass is 9.92. The van der Waals surface area contributed by atoms with E-state index in [9.17, 15) is 0 Å². The Morgan fingerprint density at radius 1 is 0.511 bits per heavy atom. The Bertz CT molecular complexity index is 2460. The molecule has 1 aliphatic rings. The second-order valence-corrected chi connectivity index (χ2v) is 11.4. The van der Waals surface area contributed by atoms with E-state index >= 15 is 0 Å². The zero-order chi connectivity index (χ0) is 29.7. The van der Waals surface area contributed by atoms with Crippen molar-refractivity contribution >= 4 is 55.2 Å². The van der Waals surface area contributed by atoms with Gasteiger partial charge in [-0.15, -0.1) is 0 Å². The first-order chi connectivity index (χ1) is 22.3. The molecular weight excluding hydrogens is 550 g/mol. The van der Waals surface area contributed by atoms with Crippen LogP contribution in [0.1, 0.15) is 22.9 Å². The Morgan fingerprint density at radius 2 is 1.24 bits per heavy atom. The van der Waals surface area contributed by atoms with Crippen molar-refractivity contribution < 1.29 is 4.42 Å². The molecule has 1 aliphatic heterocycles. The summed E-state index contributed by atoms with van der Waals surface area (Å²) in [4.78, 5) is 10.3. The van der Waals surface area contributed by atoms with Crippen molar-refractivity contribution in [1.82, 2.24) is 5.32 Å². The summed E-state index contributed by atoms with van der Waals surface area (Å²) in [7, 11) is 0. The standard InChI is InChI=1S/C41H27N3O/c1-3-12-26(13-4-1)39-42-40(27-14-5-2-6-15-27)44-41(43-39)33-20-11-21-37-38(33)35-25-29(22-23-36(35)45-37)34-24-28-16-7-8-17-30(28)31-18-9-10-19-32(31)34/h1-25,39H,(H,42,43,44). The predicted molar refractivity (Wildman–Crippen MR) is 186 cm³/mol. The molecule has 0 aliphatic carbocycles. The Hall–Kier alpha value is -6.00. The predicted octanol–water partition coefficient (Wildman–Crippen LogP) is 10.1. The summed E-state index contributed by atoms with van der Waals surface area (Å²) in [6.07, 6.45) is -0.276. The molecular formula is C41H27N3O. The highest BCUT2D eigenvalue weighted by atomic mass is 16.3. The molecule has 0 saturated heterocycles. The number of benzene rings is 7. The van der Waals surface area contributed by atoms with Crippen LogP contribution in [0, 0.1) is 0 Å². The van der Waals surface area contributed by atoms with E-state index in [1.54, 1.807) is 0 Å². The van der Waals surface area contributed by atoms with Crippen LogP contribution in [0.5, 0.6) is 0 Å². The van der Waals surface area contributed by atoms with Crippen molar-refractivity contribution in [2.45, 2.75) is 6.17 Å². The highest BCUT2D eigenvalue weighted by Crippen LogP contribution is 2.39. The number of furan rings is 1. The van der Waals surface area contributed by atoms with Gasteiger partial charge in [-0.25, -0.2) is 9.98 Å². The van der Waals surface area contributed by atoms with E-state index in [0.717, 1.165) is 50.0 Å². The molecule has 4 nitrogen and oxygen atoms in total. The molecule has 1 aromatic heterocycles. The van der Waals surface area contributed by atoms with Crippen LogP contribution in [0.2, 0.25) is 0 Å². The SMILES string of the molecule is c1ccc(C2=NC(c3cccc4oc5ccc(-c6cc7ccccc7c7ccccc67)cc5c34)=NC(c3ccccc3)N2)cc1. The molecule has 0 radical (unpaired) electrons. The van der Waals surface area contributed by atoms with Crippen LogP contribution in [0.25, 0.3) is 54.6 Å². The normalized spacial score (nSPS) is 14.9. The number of hydrogen-bond donors (Lipinski definition) is 1. The number of rotatable bonds is 4. The van der Waals surface area contributed by atoms with Crippen molar-refractivity contribution in [3.8, 4) is 11.1 Å². The molecule has 1 atom stereocenters. The van der Waals surface area contributed by atoms with Crippen molar-refractivity contribution in [2.75, 3.05) is 0 Å². The van der Waals surface area contributed by atoms with Crippen LogP contribution in [0.15, 0.2) is 166 Å². The second-order valence-electron chi connectivity index (χ2n) is 11.4. The van der Waals surface area contributed by atoms with Crippen LogP contribution in [-0.2, 0) is 0 Å². The quantitative estimate of drug-likeness (QED) is 0.212. The maximum Gasteiger partial charge on any atom is 0.160 e. The van der Waals surface area contributed by atoms with E-state index in [2.05, 4.69) is 108 Å². The smallest absolute Gasteiger partial charge is 0.160 e. The molecule has 0 spiro atoms. The molecule has 1 N–H and O–H groups in total. The third-order valence-corrected chi connectivity index (χ3v) is 8.72. The van der Waals surface area contributed by atoms with Crippen molar-refractivity contribution in [3.05, 3.63) is 168 Å². The zero-order valence-corrected chi connectivity index (χ0v) is 24.3. The van der Waals surface area contributed by atoms with Gasteiger partial charge in [0.15, 0.2) is 5.84 Å². The van der Waals surface area contributed by atoms with Gasteiger partial charge in [-0.1, -0.05) is 127 Å². The minimum Gasteiger partial charge on any atom is -0.456 e. The number of aliphatic imine (C=N–C) groups is 2. The fourth-order valence-electron chi connectivity index (χ4n) is 6.59. The first kappa shape index (κ1) is 25.5. The van der Waals surface area contributed by atoms with Crippen molar-refractivity contribution in [1.29, 1.82) is 0 Å². The van der Waals surface area contributed by atoms with Gasteiger partial charge in [-0.2, -0.15) is 0 Å². The van der Waals surface area contributed by atoms with E-state index in [0.29, 0.717) is 5.84 Å². The fourth-order valence-corrected chi connectivity index (χ4v) is 6.59. The Balaban J connectivity index is 1.27. The van der Waals surface area contributed by atoms with Crippen molar-refractivity contribution in [3.63, 3.8) is 0 Å².